The second kappa shape index (κ2) is 65.3. The van der Waals surface area contributed by atoms with E-state index in [0.29, 0.717) is 0 Å². The SMILES string of the molecule is CC.CC.CC.CC.CC.CC.CC.CC.CC.Cc1cc(C)c2ccccc2c1.Cc1cc(C)c2ccccc2c1.Cc1ccc(C)c2ccccc12.Cc1ccc(C)c2ccccc12.Cc1ccc(C)cc1.Cc1ccc2ccccc2c1C.Cc1ccc2ccccc2c1C.Cc1cccc(C)c1.Cc1ccccc1C. The summed E-state index contributed by atoms with van der Waals surface area (Å²) < 4.78 is 0. The van der Waals surface area contributed by atoms with Gasteiger partial charge in [-0.15, -0.1) is 0 Å². The van der Waals surface area contributed by atoms with Gasteiger partial charge in [-0.05, 0) is 256 Å². The van der Waals surface area contributed by atoms with Crippen LogP contribution >= 0.6 is 0 Å². The molecular weight excluding hydrogens is 1370 g/mol. The summed E-state index contributed by atoms with van der Waals surface area (Å²) in [6.45, 7) is 74.5. The fraction of sp³-hybridized carbons (Fsp3) is 0.316. The van der Waals surface area contributed by atoms with Crippen LogP contribution in [-0.4, -0.2) is 0 Å². The van der Waals surface area contributed by atoms with Gasteiger partial charge in [0, 0.05) is 0 Å². The van der Waals surface area contributed by atoms with Gasteiger partial charge in [0.15, 0.2) is 0 Å². The third kappa shape index (κ3) is 39.1. The minimum absolute atomic E-state index is 1.33. The zero-order valence-electron chi connectivity index (χ0n) is 78.7. The first-order valence-electron chi connectivity index (χ1n) is 42.9. The lowest BCUT2D eigenvalue weighted by Gasteiger charge is -2.04. The molecule has 612 valence electrons. The van der Waals surface area contributed by atoms with Crippen molar-refractivity contribution in [1.29, 1.82) is 0 Å². The van der Waals surface area contributed by atoms with E-state index in [-0.39, 0.29) is 0 Å². The number of benzene rings is 15. The first-order valence-corrected chi connectivity index (χ1v) is 42.9. The molecule has 0 atom stereocenters. The van der Waals surface area contributed by atoms with Crippen LogP contribution in [0, 0.1) is 125 Å². The Labute approximate surface area is 700 Å². The van der Waals surface area contributed by atoms with Crippen LogP contribution in [0.25, 0.3) is 64.6 Å². The molecule has 0 fully saturated rings. The van der Waals surface area contributed by atoms with E-state index in [1.807, 2.05) is 125 Å². The fourth-order valence-electron chi connectivity index (χ4n) is 11.8. The first-order chi connectivity index (χ1) is 55.1. The molecule has 0 amide bonds. The summed E-state index contributed by atoms with van der Waals surface area (Å²) >= 11 is 0. The summed E-state index contributed by atoms with van der Waals surface area (Å²) in [5, 5.41) is 16.3. The minimum Gasteiger partial charge on any atom is -0.0683 e. The Balaban J connectivity index is -0.00000119. The summed E-state index contributed by atoms with van der Waals surface area (Å²) in [4.78, 5) is 0. The molecule has 0 heteroatoms. The number of hydrogen-bond donors (Lipinski definition) is 0. The molecule has 0 bridgehead atoms. The largest absolute Gasteiger partial charge is 0.0683 e. The standard InChI is InChI=1S/6C12H12.3C8H10.9C2H6/c2*1-9-7-10(2)12-6-4-3-5-11(12)8-9;2*1-9-7-8-11-5-3-4-6-12(11)10(9)2;2*1-9-7-8-10(2)12-6-4-3-5-11(9)12;1-7-3-5-8(2)6-4-7;1-7-4-3-5-8(2)6-7;1-7-5-3-4-6-8(7)2;9*1-2/h6*3-8H,1-2H3;3*3-6H,1-2H3;9*1-2H3. The summed E-state index contributed by atoms with van der Waals surface area (Å²) in [5.74, 6) is 0. The van der Waals surface area contributed by atoms with Crippen LogP contribution in [0.15, 0.2) is 291 Å². The van der Waals surface area contributed by atoms with Crippen molar-refractivity contribution >= 4 is 64.6 Å². The molecule has 0 aliphatic heterocycles. The second-order valence-corrected chi connectivity index (χ2v) is 26.0. The first kappa shape index (κ1) is 108. The van der Waals surface area contributed by atoms with E-state index in [1.54, 1.807) is 0 Å². The van der Waals surface area contributed by atoms with Crippen LogP contribution in [0.3, 0.4) is 0 Å². The average molecular weight is 1530 g/mol. The molecule has 0 aliphatic carbocycles. The molecule has 0 saturated carbocycles. The molecule has 0 heterocycles. The lowest BCUT2D eigenvalue weighted by Crippen LogP contribution is -1.82. The minimum atomic E-state index is 1.33. The third-order valence-corrected chi connectivity index (χ3v) is 17.9. The second-order valence-electron chi connectivity index (χ2n) is 26.0. The quantitative estimate of drug-likeness (QED) is 0.142. The lowest BCUT2D eigenvalue weighted by molar-refractivity contribution is 1.34. The Kier molecular flexibility index (Phi) is 61.9. The van der Waals surface area contributed by atoms with Crippen LogP contribution in [0.2, 0.25) is 0 Å². The molecule has 15 aromatic carbocycles. The van der Waals surface area contributed by atoms with Gasteiger partial charge in [-0.1, -0.05) is 449 Å². The van der Waals surface area contributed by atoms with Crippen LogP contribution in [0.1, 0.15) is 225 Å². The Morgan fingerprint density at radius 1 is 0.114 bits per heavy atom. The molecule has 0 saturated heterocycles. The number of rotatable bonds is 0. The van der Waals surface area contributed by atoms with Crippen molar-refractivity contribution in [2.45, 2.75) is 249 Å². The molecule has 0 spiro atoms. The maximum Gasteiger partial charge on any atom is -0.0152 e. The zero-order chi connectivity index (χ0) is 87.3. The zero-order valence-corrected chi connectivity index (χ0v) is 78.7. The van der Waals surface area contributed by atoms with E-state index in [1.165, 1.54) is 165 Å². The molecule has 15 aromatic rings. The molecular formula is C114H156. The molecule has 0 nitrogen and oxygen atoms in total. The van der Waals surface area contributed by atoms with Gasteiger partial charge >= 0.3 is 0 Å². The van der Waals surface area contributed by atoms with Crippen molar-refractivity contribution in [2.75, 3.05) is 0 Å². The van der Waals surface area contributed by atoms with Crippen LogP contribution < -0.4 is 0 Å². The molecule has 0 unspecified atom stereocenters. The molecule has 0 aliphatic rings. The Hall–Kier alpha value is -10.1. The van der Waals surface area contributed by atoms with Crippen molar-refractivity contribution in [3.8, 4) is 0 Å². The Morgan fingerprint density at radius 2 is 0.333 bits per heavy atom. The molecule has 0 N–H and O–H groups in total. The topological polar surface area (TPSA) is 0 Å². The highest BCUT2D eigenvalue weighted by atomic mass is 14.1. The monoisotopic (exact) mass is 1530 g/mol. The van der Waals surface area contributed by atoms with Gasteiger partial charge in [0.1, 0.15) is 0 Å². The Bertz CT molecular complexity index is 4550. The van der Waals surface area contributed by atoms with Gasteiger partial charge in [-0.3, -0.25) is 0 Å². The molecule has 0 aromatic heterocycles. The fourth-order valence-corrected chi connectivity index (χ4v) is 11.8. The molecule has 114 heavy (non-hydrogen) atoms. The maximum atomic E-state index is 2.22. The van der Waals surface area contributed by atoms with Gasteiger partial charge in [0.05, 0.1) is 0 Å². The normalized spacial score (nSPS) is 9.05. The van der Waals surface area contributed by atoms with Gasteiger partial charge in [-0.25, -0.2) is 0 Å². The van der Waals surface area contributed by atoms with E-state index < -0.39 is 0 Å². The lowest BCUT2D eigenvalue weighted by atomic mass is 10.0. The number of fused-ring (bicyclic) bond motifs is 6. The molecule has 0 radical (unpaired) electrons. The van der Waals surface area contributed by atoms with E-state index in [0.717, 1.165) is 0 Å². The van der Waals surface area contributed by atoms with Crippen molar-refractivity contribution < 1.29 is 0 Å². The van der Waals surface area contributed by atoms with Crippen LogP contribution in [0.4, 0.5) is 0 Å². The average Bonchev–Trinajstić information content (AvgIpc) is 0.867. The maximum absolute atomic E-state index is 2.22. The van der Waals surface area contributed by atoms with Crippen molar-refractivity contribution in [2.24, 2.45) is 0 Å². The van der Waals surface area contributed by atoms with Gasteiger partial charge in [-0.2, -0.15) is 0 Å². The van der Waals surface area contributed by atoms with Gasteiger partial charge in [0.25, 0.3) is 0 Å². The van der Waals surface area contributed by atoms with Crippen molar-refractivity contribution in [1.82, 2.24) is 0 Å². The number of aryl methyl sites for hydroxylation is 18. The third-order valence-electron chi connectivity index (χ3n) is 17.9. The summed E-state index contributed by atoms with van der Waals surface area (Å²) in [5.41, 5.74) is 24.4. The highest BCUT2D eigenvalue weighted by Crippen LogP contribution is 2.26. The summed E-state index contributed by atoms with van der Waals surface area (Å²) in [7, 11) is 0. The smallest absolute Gasteiger partial charge is 0.0152 e. The summed E-state index contributed by atoms with van der Waals surface area (Å²) in [6, 6.07) is 103. The number of hydrogen-bond acceptors (Lipinski definition) is 0. The van der Waals surface area contributed by atoms with Crippen LogP contribution in [0.5, 0.6) is 0 Å². The summed E-state index contributed by atoms with van der Waals surface area (Å²) in [6.07, 6.45) is 0. The van der Waals surface area contributed by atoms with E-state index >= 15 is 0 Å². The predicted molar refractivity (Wildman–Crippen MR) is 530 cm³/mol. The van der Waals surface area contributed by atoms with E-state index in [9.17, 15) is 0 Å². The molecule has 15 rings (SSSR count). The highest BCUT2D eigenvalue weighted by Gasteiger charge is 2.03. The van der Waals surface area contributed by atoms with E-state index in [2.05, 4.69) is 416 Å². The van der Waals surface area contributed by atoms with Crippen molar-refractivity contribution in [3.05, 3.63) is 391 Å². The van der Waals surface area contributed by atoms with Gasteiger partial charge in [0.2, 0.25) is 0 Å². The van der Waals surface area contributed by atoms with E-state index in [4.69, 9.17) is 0 Å². The van der Waals surface area contributed by atoms with Gasteiger partial charge < -0.3 is 0 Å². The predicted octanol–water partition coefficient (Wildman–Crippen LogP) is 36.9. The Morgan fingerprint density at radius 3 is 0.579 bits per heavy atom. The van der Waals surface area contributed by atoms with Crippen molar-refractivity contribution in [3.63, 3.8) is 0 Å². The highest BCUT2D eigenvalue weighted by molar-refractivity contribution is 5.91. The van der Waals surface area contributed by atoms with Crippen LogP contribution in [-0.2, 0) is 0 Å².